The highest BCUT2D eigenvalue weighted by Crippen LogP contribution is 2.16. The van der Waals surface area contributed by atoms with Gasteiger partial charge in [0, 0.05) is 44.0 Å². The number of amides is 2. The fraction of sp³-hybridized carbons (Fsp3) is 0.474. The Balaban J connectivity index is 1.75. The van der Waals surface area contributed by atoms with E-state index >= 15 is 0 Å². The van der Waals surface area contributed by atoms with Gasteiger partial charge in [-0.05, 0) is 36.5 Å². The first kappa shape index (κ1) is 18.1. The Morgan fingerprint density at radius 2 is 2.15 bits per heavy atom. The largest absolute Gasteiger partial charge is 0.352 e. The average molecular weight is 356 g/mol. The van der Waals surface area contributed by atoms with Crippen LogP contribution in [0.5, 0.6) is 0 Å². The molecule has 1 aliphatic heterocycles. The van der Waals surface area contributed by atoms with E-state index in [1.54, 1.807) is 23.4 Å². The molecule has 0 radical (unpaired) electrons. The molecule has 1 N–H and O–H groups in total. The lowest BCUT2D eigenvalue weighted by Gasteiger charge is -2.24. The highest BCUT2D eigenvalue weighted by atomic mass is 16.5. The summed E-state index contributed by atoms with van der Waals surface area (Å²) in [7, 11) is 0. The monoisotopic (exact) mass is 356 g/mol. The number of nitrogens with zero attached hydrogens (tertiary/aromatic N) is 3. The number of nitrogens with one attached hydrogen (secondary N) is 1. The topological polar surface area (TPSA) is 88.3 Å². The van der Waals surface area contributed by atoms with E-state index in [4.69, 9.17) is 4.52 Å². The quantitative estimate of drug-likeness (QED) is 0.821. The normalized spacial score (nSPS) is 16.7. The number of rotatable bonds is 7. The molecule has 0 unspecified atom stereocenters. The van der Waals surface area contributed by atoms with Gasteiger partial charge in [0.25, 0.3) is 5.91 Å². The molecule has 138 valence electrons. The number of carbonyl (C=O) groups is 2. The van der Waals surface area contributed by atoms with E-state index in [0.29, 0.717) is 25.4 Å². The molecule has 0 aliphatic carbocycles. The van der Waals surface area contributed by atoms with Crippen LogP contribution in [0.4, 0.5) is 0 Å². The van der Waals surface area contributed by atoms with Gasteiger partial charge < -0.3 is 14.7 Å². The molecular formula is C19H24N4O3. The van der Waals surface area contributed by atoms with Crippen molar-refractivity contribution >= 4 is 11.8 Å². The summed E-state index contributed by atoms with van der Waals surface area (Å²) in [4.78, 5) is 30.2. The first-order valence-electron chi connectivity index (χ1n) is 8.94. The zero-order chi connectivity index (χ0) is 18.5. The van der Waals surface area contributed by atoms with Gasteiger partial charge in [-0.3, -0.25) is 14.6 Å². The Morgan fingerprint density at radius 1 is 1.38 bits per heavy atom. The summed E-state index contributed by atoms with van der Waals surface area (Å²) in [5.74, 6) is 0.486. The standard InChI is InChI=1S/C19H24N4O3/c1-13(2)9-16-10-17(26-22-16)19(25)23(11-14-5-7-20-8-6-14)12-15-3-4-18(24)21-15/h5-8,10,13,15H,3-4,9,11-12H2,1-2H3,(H,21,24)/t15-/m0/s1. The molecule has 1 saturated heterocycles. The third-order valence-corrected chi connectivity index (χ3v) is 4.32. The molecule has 0 bridgehead atoms. The van der Waals surface area contributed by atoms with Crippen LogP contribution in [0.3, 0.4) is 0 Å². The molecule has 3 heterocycles. The SMILES string of the molecule is CC(C)Cc1cc(C(=O)N(Cc2ccncc2)C[C@@H]2CCC(=O)N2)on1. The van der Waals surface area contributed by atoms with Crippen molar-refractivity contribution in [3.05, 3.63) is 47.6 Å². The second kappa shape index (κ2) is 8.12. The Morgan fingerprint density at radius 3 is 2.81 bits per heavy atom. The van der Waals surface area contributed by atoms with E-state index in [-0.39, 0.29) is 23.6 Å². The Bertz CT molecular complexity index is 757. The lowest BCUT2D eigenvalue weighted by Crippen LogP contribution is -2.41. The molecule has 2 aromatic rings. The molecular weight excluding hydrogens is 332 g/mol. The summed E-state index contributed by atoms with van der Waals surface area (Å²) >= 11 is 0. The average Bonchev–Trinajstić information content (AvgIpc) is 3.23. The third kappa shape index (κ3) is 4.68. The number of hydrogen-bond donors (Lipinski definition) is 1. The molecule has 0 aromatic carbocycles. The molecule has 3 rings (SSSR count). The van der Waals surface area contributed by atoms with Gasteiger partial charge in [-0.2, -0.15) is 0 Å². The lowest BCUT2D eigenvalue weighted by atomic mass is 10.1. The Hall–Kier alpha value is -2.70. The summed E-state index contributed by atoms with van der Waals surface area (Å²) in [6.07, 6.45) is 5.39. The smallest absolute Gasteiger partial charge is 0.292 e. The maximum absolute atomic E-state index is 13.0. The van der Waals surface area contributed by atoms with Gasteiger partial charge in [-0.15, -0.1) is 0 Å². The van der Waals surface area contributed by atoms with E-state index < -0.39 is 0 Å². The van der Waals surface area contributed by atoms with Crippen LogP contribution in [0.15, 0.2) is 35.1 Å². The van der Waals surface area contributed by atoms with Gasteiger partial charge in [-0.25, -0.2) is 0 Å². The molecule has 26 heavy (non-hydrogen) atoms. The summed E-state index contributed by atoms with van der Waals surface area (Å²) in [5, 5.41) is 6.92. The predicted octanol–water partition coefficient (Wildman–Crippen LogP) is 2.19. The molecule has 1 fully saturated rings. The zero-order valence-electron chi connectivity index (χ0n) is 15.1. The highest BCUT2D eigenvalue weighted by Gasteiger charge is 2.28. The minimum absolute atomic E-state index is 0.0326. The molecule has 2 aromatic heterocycles. The summed E-state index contributed by atoms with van der Waals surface area (Å²) in [6.45, 7) is 5.05. The van der Waals surface area contributed by atoms with E-state index in [9.17, 15) is 9.59 Å². The van der Waals surface area contributed by atoms with E-state index in [1.807, 2.05) is 12.1 Å². The molecule has 0 spiro atoms. The number of carbonyl (C=O) groups excluding carboxylic acids is 2. The van der Waals surface area contributed by atoms with Crippen molar-refractivity contribution in [2.45, 2.75) is 45.7 Å². The van der Waals surface area contributed by atoms with Crippen molar-refractivity contribution < 1.29 is 14.1 Å². The van der Waals surface area contributed by atoms with Crippen molar-refractivity contribution in [2.24, 2.45) is 5.92 Å². The van der Waals surface area contributed by atoms with E-state index in [1.165, 1.54) is 0 Å². The van der Waals surface area contributed by atoms with E-state index in [0.717, 1.165) is 24.1 Å². The van der Waals surface area contributed by atoms with Crippen LogP contribution in [-0.2, 0) is 17.8 Å². The van der Waals surface area contributed by atoms with Gasteiger partial charge in [0.1, 0.15) is 0 Å². The highest BCUT2D eigenvalue weighted by molar-refractivity contribution is 5.91. The second-order valence-corrected chi connectivity index (χ2v) is 7.12. The van der Waals surface area contributed by atoms with Crippen LogP contribution >= 0.6 is 0 Å². The number of pyridine rings is 1. The minimum Gasteiger partial charge on any atom is -0.352 e. The Labute approximate surface area is 152 Å². The van der Waals surface area contributed by atoms with Crippen molar-refractivity contribution in [3.8, 4) is 0 Å². The van der Waals surface area contributed by atoms with Gasteiger partial charge in [0.2, 0.25) is 11.7 Å². The van der Waals surface area contributed by atoms with Crippen LogP contribution in [0.2, 0.25) is 0 Å². The first-order valence-corrected chi connectivity index (χ1v) is 8.94. The molecule has 0 saturated carbocycles. The Kier molecular flexibility index (Phi) is 5.65. The molecule has 2 amide bonds. The van der Waals surface area contributed by atoms with Crippen molar-refractivity contribution in [2.75, 3.05) is 6.54 Å². The number of aromatic nitrogens is 2. The number of hydrogen-bond acceptors (Lipinski definition) is 5. The molecule has 1 aliphatic rings. The summed E-state index contributed by atoms with van der Waals surface area (Å²) < 4.78 is 5.29. The van der Waals surface area contributed by atoms with Gasteiger partial charge in [0.15, 0.2) is 0 Å². The van der Waals surface area contributed by atoms with Gasteiger partial charge in [-0.1, -0.05) is 19.0 Å². The lowest BCUT2D eigenvalue weighted by molar-refractivity contribution is -0.119. The van der Waals surface area contributed by atoms with Crippen LogP contribution in [0, 0.1) is 5.92 Å². The van der Waals surface area contributed by atoms with E-state index in [2.05, 4.69) is 29.3 Å². The maximum Gasteiger partial charge on any atom is 0.292 e. The molecule has 7 nitrogen and oxygen atoms in total. The zero-order valence-corrected chi connectivity index (χ0v) is 15.1. The van der Waals surface area contributed by atoms with Gasteiger partial charge >= 0.3 is 0 Å². The first-order chi connectivity index (χ1) is 12.5. The third-order valence-electron chi connectivity index (χ3n) is 4.32. The minimum atomic E-state index is -0.217. The fourth-order valence-corrected chi connectivity index (χ4v) is 3.09. The van der Waals surface area contributed by atoms with Crippen LogP contribution < -0.4 is 5.32 Å². The van der Waals surface area contributed by atoms with Crippen LogP contribution in [0.1, 0.15) is 48.5 Å². The second-order valence-electron chi connectivity index (χ2n) is 7.12. The van der Waals surface area contributed by atoms with Crippen molar-refractivity contribution in [3.63, 3.8) is 0 Å². The van der Waals surface area contributed by atoms with Crippen molar-refractivity contribution in [1.29, 1.82) is 0 Å². The van der Waals surface area contributed by atoms with Gasteiger partial charge in [0.05, 0.1) is 5.69 Å². The summed E-state index contributed by atoms with van der Waals surface area (Å²) in [5.41, 5.74) is 1.75. The maximum atomic E-state index is 13.0. The fourth-order valence-electron chi connectivity index (χ4n) is 3.09. The van der Waals surface area contributed by atoms with Crippen LogP contribution in [0.25, 0.3) is 0 Å². The van der Waals surface area contributed by atoms with Crippen molar-refractivity contribution in [1.82, 2.24) is 20.4 Å². The molecule has 7 heteroatoms. The summed E-state index contributed by atoms with van der Waals surface area (Å²) in [6, 6.07) is 5.43. The van der Waals surface area contributed by atoms with Crippen LogP contribution in [-0.4, -0.2) is 39.4 Å². The predicted molar refractivity (Wildman–Crippen MR) is 95.2 cm³/mol. The molecule has 1 atom stereocenters.